The number of hydrogen-bond acceptors (Lipinski definition) is 2. The lowest BCUT2D eigenvalue weighted by molar-refractivity contribution is 0.144. The number of likely N-dealkylation sites (N-methyl/N-ethyl adjacent to an activating group) is 1. The van der Waals surface area contributed by atoms with Crippen LogP contribution in [-0.2, 0) is 0 Å². The van der Waals surface area contributed by atoms with Crippen LogP contribution in [0.1, 0.15) is 11.7 Å². The molecule has 0 heterocycles. The Kier molecular flexibility index (Phi) is 3.77. The van der Waals surface area contributed by atoms with E-state index >= 15 is 0 Å². The van der Waals surface area contributed by atoms with Gasteiger partial charge in [0.25, 0.3) is 0 Å². The van der Waals surface area contributed by atoms with Crippen molar-refractivity contribution in [2.75, 3.05) is 20.6 Å². The number of allylic oxidation sites excluding steroid dienone is 2. The number of nitrogens with zero attached hydrogens (tertiary/aromatic N) is 1. The van der Waals surface area contributed by atoms with Crippen molar-refractivity contribution in [3.63, 3.8) is 0 Å². The van der Waals surface area contributed by atoms with Crippen LogP contribution in [0, 0.1) is 5.92 Å². The van der Waals surface area contributed by atoms with E-state index in [2.05, 4.69) is 17.1 Å². The summed E-state index contributed by atoms with van der Waals surface area (Å²) in [6, 6.07) is 9.85. The average molecular weight is 229 g/mol. The van der Waals surface area contributed by atoms with Crippen LogP contribution in [0.5, 0.6) is 0 Å². The van der Waals surface area contributed by atoms with E-state index in [1.807, 2.05) is 50.5 Å². The largest absolute Gasteiger partial charge is 0.387 e. The van der Waals surface area contributed by atoms with Crippen LogP contribution in [0.25, 0.3) is 0 Å². The molecule has 2 heteroatoms. The smallest absolute Gasteiger partial charge is 0.0890 e. The molecule has 0 aliphatic heterocycles. The maximum Gasteiger partial charge on any atom is 0.0890 e. The van der Waals surface area contributed by atoms with E-state index in [1.54, 1.807) is 0 Å². The summed E-state index contributed by atoms with van der Waals surface area (Å²) in [5.74, 6) is 0.111. The van der Waals surface area contributed by atoms with Gasteiger partial charge in [0.1, 0.15) is 0 Å². The molecule has 0 saturated carbocycles. The van der Waals surface area contributed by atoms with Gasteiger partial charge in [-0.2, -0.15) is 0 Å². The first-order valence-corrected chi connectivity index (χ1v) is 5.93. The number of benzene rings is 1. The lowest BCUT2D eigenvalue weighted by Gasteiger charge is -2.23. The molecule has 0 spiro atoms. The predicted octanol–water partition coefficient (Wildman–Crippen LogP) is 2.39. The molecule has 0 bridgehead atoms. The van der Waals surface area contributed by atoms with Crippen molar-refractivity contribution in [2.45, 2.75) is 6.10 Å². The van der Waals surface area contributed by atoms with E-state index in [1.165, 1.54) is 5.57 Å². The van der Waals surface area contributed by atoms with Gasteiger partial charge in [-0.1, -0.05) is 48.6 Å². The van der Waals surface area contributed by atoms with Crippen LogP contribution in [-0.4, -0.2) is 30.6 Å². The molecular formula is C15H19NO. The third-order valence-electron chi connectivity index (χ3n) is 3.04. The summed E-state index contributed by atoms with van der Waals surface area (Å²) in [4.78, 5) is 2.13. The Morgan fingerprint density at radius 3 is 2.59 bits per heavy atom. The van der Waals surface area contributed by atoms with Crippen molar-refractivity contribution >= 4 is 0 Å². The Labute approximate surface area is 103 Å². The Balaban J connectivity index is 2.12. The van der Waals surface area contributed by atoms with E-state index in [0.29, 0.717) is 0 Å². The van der Waals surface area contributed by atoms with Crippen molar-refractivity contribution < 1.29 is 5.11 Å². The van der Waals surface area contributed by atoms with Crippen LogP contribution < -0.4 is 0 Å². The SMILES string of the molecule is CN(C)CC1=CC=CC1[C@@H](O)c1ccccc1. The van der Waals surface area contributed by atoms with Crippen LogP contribution in [0.4, 0.5) is 0 Å². The molecule has 2 rings (SSSR count). The summed E-state index contributed by atoms with van der Waals surface area (Å²) in [7, 11) is 4.09. The molecule has 1 N–H and O–H groups in total. The first-order chi connectivity index (χ1) is 8.18. The summed E-state index contributed by atoms with van der Waals surface area (Å²) in [6.07, 6.45) is 5.78. The van der Waals surface area contributed by atoms with E-state index in [0.717, 1.165) is 12.1 Å². The second-order valence-corrected chi connectivity index (χ2v) is 4.75. The van der Waals surface area contributed by atoms with Gasteiger partial charge >= 0.3 is 0 Å². The monoisotopic (exact) mass is 229 g/mol. The van der Waals surface area contributed by atoms with Gasteiger partial charge in [-0.25, -0.2) is 0 Å². The molecule has 1 aliphatic carbocycles. The van der Waals surface area contributed by atoms with Crippen LogP contribution in [0.2, 0.25) is 0 Å². The molecule has 2 nitrogen and oxygen atoms in total. The molecule has 0 fully saturated rings. The quantitative estimate of drug-likeness (QED) is 0.857. The second-order valence-electron chi connectivity index (χ2n) is 4.75. The minimum atomic E-state index is -0.443. The van der Waals surface area contributed by atoms with Gasteiger partial charge in [0.15, 0.2) is 0 Å². The lowest BCUT2D eigenvalue weighted by atomic mass is 9.91. The van der Waals surface area contributed by atoms with Gasteiger partial charge in [0.05, 0.1) is 6.10 Å². The molecule has 90 valence electrons. The highest BCUT2D eigenvalue weighted by Crippen LogP contribution is 2.32. The molecular weight excluding hydrogens is 210 g/mol. The third-order valence-corrected chi connectivity index (χ3v) is 3.04. The number of aliphatic hydroxyl groups is 1. The molecule has 1 aliphatic rings. The van der Waals surface area contributed by atoms with Gasteiger partial charge in [-0.3, -0.25) is 0 Å². The minimum Gasteiger partial charge on any atom is -0.387 e. The molecule has 0 amide bonds. The molecule has 0 radical (unpaired) electrons. The maximum atomic E-state index is 10.4. The molecule has 0 saturated heterocycles. The summed E-state index contributed by atoms with van der Waals surface area (Å²) in [6.45, 7) is 0.890. The van der Waals surface area contributed by atoms with E-state index in [9.17, 15) is 5.11 Å². The van der Waals surface area contributed by atoms with Crippen molar-refractivity contribution in [1.29, 1.82) is 0 Å². The zero-order valence-corrected chi connectivity index (χ0v) is 10.4. The fourth-order valence-corrected chi connectivity index (χ4v) is 2.22. The zero-order valence-electron chi connectivity index (χ0n) is 10.4. The standard InChI is InChI=1S/C15H19NO/c1-16(2)11-13-9-6-10-14(13)15(17)12-7-4-3-5-8-12/h3-10,14-15,17H,11H2,1-2H3/t14?,15-/m0/s1. The second kappa shape index (κ2) is 5.30. The predicted molar refractivity (Wildman–Crippen MR) is 70.7 cm³/mol. The Bertz CT molecular complexity index is 420. The van der Waals surface area contributed by atoms with Gasteiger partial charge in [-0.15, -0.1) is 0 Å². The summed E-state index contributed by atoms with van der Waals surface area (Å²) in [5, 5.41) is 10.4. The van der Waals surface area contributed by atoms with Crippen molar-refractivity contribution in [1.82, 2.24) is 4.90 Å². The van der Waals surface area contributed by atoms with Gasteiger partial charge < -0.3 is 10.0 Å². The highest BCUT2D eigenvalue weighted by atomic mass is 16.3. The molecule has 1 unspecified atom stereocenters. The fourth-order valence-electron chi connectivity index (χ4n) is 2.22. The van der Waals surface area contributed by atoms with Crippen LogP contribution in [0.3, 0.4) is 0 Å². The number of rotatable bonds is 4. The van der Waals surface area contributed by atoms with Gasteiger partial charge in [-0.05, 0) is 25.2 Å². The van der Waals surface area contributed by atoms with Crippen LogP contribution in [0.15, 0.2) is 54.1 Å². The number of aliphatic hydroxyl groups excluding tert-OH is 1. The zero-order chi connectivity index (χ0) is 12.3. The molecule has 1 aromatic rings. The van der Waals surface area contributed by atoms with Crippen LogP contribution >= 0.6 is 0 Å². The van der Waals surface area contributed by atoms with Gasteiger partial charge in [0, 0.05) is 12.5 Å². The Morgan fingerprint density at radius 1 is 1.24 bits per heavy atom. The van der Waals surface area contributed by atoms with Gasteiger partial charge in [0.2, 0.25) is 0 Å². The summed E-state index contributed by atoms with van der Waals surface area (Å²) < 4.78 is 0. The minimum absolute atomic E-state index is 0.111. The first kappa shape index (κ1) is 12.1. The summed E-state index contributed by atoms with van der Waals surface area (Å²) in [5.41, 5.74) is 2.25. The number of hydrogen-bond donors (Lipinski definition) is 1. The normalized spacial score (nSPS) is 20.7. The highest BCUT2D eigenvalue weighted by Gasteiger charge is 2.24. The average Bonchev–Trinajstić information content (AvgIpc) is 2.76. The first-order valence-electron chi connectivity index (χ1n) is 5.93. The topological polar surface area (TPSA) is 23.5 Å². The highest BCUT2D eigenvalue weighted by molar-refractivity contribution is 5.33. The fraction of sp³-hybridized carbons (Fsp3) is 0.333. The Hall–Kier alpha value is -1.38. The molecule has 0 aromatic heterocycles. The lowest BCUT2D eigenvalue weighted by Crippen LogP contribution is -2.21. The van der Waals surface area contributed by atoms with E-state index in [-0.39, 0.29) is 5.92 Å². The van der Waals surface area contributed by atoms with Crippen molar-refractivity contribution in [3.8, 4) is 0 Å². The summed E-state index contributed by atoms with van der Waals surface area (Å²) >= 11 is 0. The Morgan fingerprint density at radius 2 is 1.94 bits per heavy atom. The van der Waals surface area contributed by atoms with Crippen molar-refractivity contribution in [3.05, 3.63) is 59.7 Å². The van der Waals surface area contributed by atoms with Crippen molar-refractivity contribution in [2.24, 2.45) is 5.92 Å². The molecule has 17 heavy (non-hydrogen) atoms. The van der Waals surface area contributed by atoms with E-state index < -0.39 is 6.10 Å². The van der Waals surface area contributed by atoms with E-state index in [4.69, 9.17) is 0 Å². The maximum absolute atomic E-state index is 10.4. The third kappa shape index (κ3) is 2.84. The molecule has 2 atom stereocenters. The molecule has 1 aromatic carbocycles.